The second-order valence-corrected chi connectivity index (χ2v) is 11.0. The molecule has 0 saturated carbocycles. The molecule has 5 N–H and O–H groups in total. The Hall–Kier alpha value is -2.60. The molecule has 10 heteroatoms. The summed E-state index contributed by atoms with van der Waals surface area (Å²) in [6, 6.07) is 13.1. The van der Waals surface area contributed by atoms with E-state index in [4.69, 9.17) is 9.47 Å². The fourth-order valence-corrected chi connectivity index (χ4v) is 5.49. The molecule has 1 aliphatic rings. The van der Waals surface area contributed by atoms with Crippen LogP contribution in [-0.2, 0) is 35.8 Å². The predicted molar refractivity (Wildman–Crippen MR) is 158 cm³/mol. The van der Waals surface area contributed by atoms with Crippen LogP contribution in [0.1, 0.15) is 54.2 Å². The van der Waals surface area contributed by atoms with Gasteiger partial charge in [-0.2, -0.15) is 0 Å². The number of benzene rings is 2. The van der Waals surface area contributed by atoms with Crippen LogP contribution in [-0.4, -0.2) is 63.5 Å². The summed E-state index contributed by atoms with van der Waals surface area (Å²) in [4.78, 5) is 4.67. The van der Waals surface area contributed by atoms with E-state index < -0.39 is 6.10 Å². The normalized spacial score (nSPS) is 13.4. The molecule has 3 aromatic rings. The van der Waals surface area contributed by atoms with E-state index in [1.807, 2.05) is 17.8 Å². The van der Waals surface area contributed by atoms with Gasteiger partial charge in [0, 0.05) is 42.9 Å². The highest BCUT2D eigenvalue weighted by Gasteiger charge is 2.14. The molecule has 0 aliphatic carbocycles. The number of hydrogen-bond acceptors (Lipinski definition) is 9. The molecule has 1 aliphatic heterocycles. The SMILES string of the molecule is OCc1cc(C(O)CNCCCCCCOCCOCc2cccc(NCc3cn4c(n3)SCC4)c2)ccc1O. The number of anilines is 1. The van der Waals surface area contributed by atoms with Crippen LogP contribution in [0.3, 0.4) is 0 Å². The third-order valence-electron chi connectivity index (χ3n) is 6.78. The molecule has 2 heterocycles. The Bertz CT molecular complexity index is 1150. The molecule has 1 aromatic heterocycles. The summed E-state index contributed by atoms with van der Waals surface area (Å²) < 4.78 is 13.7. The number of unbranched alkanes of at least 4 members (excludes halogenated alkanes) is 3. The van der Waals surface area contributed by atoms with Gasteiger partial charge in [-0.25, -0.2) is 4.98 Å². The minimum atomic E-state index is -0.672. The third-order valence-corrected chi connectivity index (χ3v) is 7.75. The Morgan fingerprint density at radius 3 is 2.77 bits per heavy atom. The fraction of sp³-hybridized carbons (Fsp3) is 0.500. The van der Waals surface area contributed by atoms with Crippen LogP contribution in [0.2, 0.25) is 0 Å². The third kappa shape index (κ3) is 9.79. The number of aliphatic hydroxyl groups excluding tert-OH is 2. The van der Waals surface area contributed by atoms with Crippen molar-refractivity contribution >= 4 is 17.4 Å². The Labute approximate surface area is 240 Å². The molecule has 0 amide bonds. The first-order chi connectivity index (χ1) is 19.6. The second-order valence-electron chi connectivity index (χ2n) is 9.96. The zero-order valence-corrected chi connectivity index (χ0v) is 23.9. The molecule has 0 saturated heterocycles. The molecule has 40 heavy (non-hydrogen) atoms. The van der Waals surface area contributed by atoms with Gasteiger partial charge in [0.05, 0.1) is 44.8 Å². The van der Waals surface area contributed by atoms with Crippen LogP contribution in [0.25, 0.3) is 0 Å². The first-order valence-corrected chi connectivity index (χ1v) is 15.1. The van der Waals surface area contributed by atoms with Crippen molar-refractivity contribution < 1.29 is 24.8 Å². The minimum absolute atomic E-state index is 0.0428. The minimum Gasteiger partial charge on any atom is -0.508 e. The molecule has 0 spiro atoms. The van der Waals surface area contributed by atoms with E-state index in [2.05, 4.69) is 44.6 Å². The summed E-state index contributed by atoms with van der Waals surface area (Å²) in [5.41, 5.74) is 4.38. The predicted octanol–water partition coefficient (Wildman–Crippen LogP) is 4.22. The number of rotatable bonds is 19. The number of aliphatic hydroxyl groups is 2. The standard InChI is InChI=1S/C30H42N4O5S/c35-21-25-17-24(8-9-28(25)36)29(37)19-31-10-3-1-2-4-12-38-13-14-39-22-23-6-5-7-26(16-23)32-18-27-20-34-11-15-40-30(34)33-27/h5-9,16-17,20,29,31-32,35-37H,1-4,10-15,18-19,21-22H2. The van der Waals surface area contributed by atoms with Gasteiger partial charge in [-0.05, 0) is 54.8 Å². The number of aromatic hydroxyl groups is 1. The Morgan fingerprint density at radius 1 is 1.02 bits per heavy atom. The van der Waals surface area contributed by atoms with Crippen LogP contribution in [0.5, 0.6) is 5.75 Å². The number of imidazole rings is 1. The van der Waals surface area contributed by atoms with Gasteiger partial charge in [-0.3, -0.25) is 0 Å². The molecular weight excluding hydrogens is 528 g/mol. The van der Waals surface area contributed by atoms with Gasteiger partial charge in [0.25, 0.3) is 0 Å². The lowest BCUT2D eigenvalue weighted by molar-refractivity contribution is 0.0393. The number of aryl methyl sites for hydroxylation is 1. The second kappa shape index (κ2) is 16.6. The Morgan fingerprint density at radius 2 is 1.90 bits per heavy atom. The summed E-state index contributed by atoms with van der Waals surface area (Å²) in [6.45, 7) is 5.24. The molecule has 1 atom stereocenters. The number of ether oxygens (including phenoxy) is 2. The number of thioether (sulfide) groups is 1. The van der Waals surface area contributed by atoms with Crippen molar-refractivity contribution in [2.75, 3.05) is 44.0 Å². The Kier molecular flexibility index (Phi) is 12.6. The van der Waals surface area contributed by atoms with Crippen LogP contribution in [0.15, 0.2) is 53.8 Å². The number of hydrogen-bond donors (Lipinski definition) is 5. The van der Waals surface area contributed by atoms with Gasteiger partial charge in [0.1, 0.15) is 5.75 Å². The highest BCUT2D eigenvalue weighted by molar-refractivity contribution is 7.99. The van der Waals surface area contributed by atoms with Crippen molar-refractivity contribution in [1.29, 1.82) is 0 Å². The van der Waals surface area contributed by atoms with Gasteiger partial charge in [0.15, 0.2) is 5.16 Å². The van der Waals surface area contributed by atoms with Crippen LogP contribution in [0.4, 0.5) is 5.69 Å². The van der Waals surface area contributed by atoms with Crippen LogP contribution in [0, 0.1) is 0 Å². The molecular formula is C30H42N4O5S. The number of aromatic nitrogens is 2. The fourth-order valence-electron chi connectivity index (χ4n) is 4.52. The van der Waals surface area contributed by atoms with E-state index in [0.29, 0.717) is 44.0 Å². The molecule has 218 valence electrons. The highest BCUT2D eigenvalue weighted by atomic mass is 32.2. The lowest BCUT2D eigenvalue weighted by Gasteiger charge is -2.14. The van der Waals surface area contributed by atoms with Gasteiger partial charge < -0.3 is 40.0 Å². The smallest absolute Gasteiger partial charge is 0.168 e. The summed E-state index contributed by atoms with van der Waals surface area (Å²) in [7, 11) is 0. The van der Waals surface area contributed by atoms with Crippen LogP contribution < -0.4 is 10.6 Å². The quantitative estimate of drug-likeness (QED) is 0.135. The summed E-state index contributed by atoms with van der Waals surface area (Å²) in [5.74, 6) is 1.16. The first-order valence-electron chi connectivity index (χ1n) is 14.1. The molecule has 4 rings (SSSR count). The van der Waals surface area contributed by atoms with Gasteiger partial charge in [0.2, 0.25) is 0 Å². The Balaban J connectivity index is 0.961. The van der Waals surface area contributed by atoms with Crippen molar-refractivity contribution in [3.63, 3.8) is 0 Å². The van der Waals surface area contributed by atoms with E-state index >= 15 is 0 Å². The molecule has 2 aromatic carbocycles. The lowest BCUT2D eigenvalue weighted by atomic mass is 10.1. The molecule has 9 nitrogen and oxygen atoms in total. The topological polar surface area (TPSA) is 121 Å². The monoisotopic (exact) mass is 570 g/mol. The van der Waals surface area contributed by atoms with Crippen molar-refractivity contribution in [3.8, 4) is 5.75 Å². The van der Waals surface area contributed by atoms with Crippen molar-refractivity contribution in [1.82, 2.24) is 14.9 Å². The van der Waals surface area contributed by atoms with Crippen molar-refractivity contribution in [2.24, 2.45) is 0 Å². The highest BCUT2D eigenvalue weighted by Crippen LogP contribution is 2.25. The van der Waals surface area contributed by atoms with Crippen LogP contribution >= 0.6 is 11.8 Å². The maximum Gasteiger partial charge on any atom is 0.168 e. The number of phenols is 1. The number of nitrogens with zero attached hydrogens (tertiary/aromatic N) is 2. The summed E-state index contributed by atoms with van der Waals surface area (Å²) in [5, 5.41) is 37.0. The van der Waals surface area contributed by atoms with Gasteiger partial charge in [-0.15, -0.1) is 0 Å². The summed E-state index contributed by atoms with van der Waals surface area (Å²) >= 11 is 1.81. The van der Waals surface area contributed by atoms with E-state index in [0.717, 1.165) is 73.2 Å². The van der Waals surface area contributed by atoms with E-state index in [1.54, 1.807) is 12.1 Å². The van der Waals surface area contributed by atoms with Crippen molar-refractivity contribution in [3.05, 3.63) is 71.0 Å². The average Bonchev–Trinajstić information content (AvgIpc) is 3.57. The van der Waals surface area contributed by atoms with E-state index in [-0.39, 0.29) is 12.4 Å². The first kappa shape index (κ1) is 30.4. The zero-order chi connectivity index (χ0) is 28.0. The summed E-state index contributed by atoms with van der Waals surface area (Å²) in [6.07, 6.45) is 5.72. The number of fused-ring (bicyclic) bond motifs is 1. The largest absolute Gasteiger partial charge is 0.508 e. The lowest BCUT2D eigenvalue weighted by Crippen LogP contribution is -2.22. The van der Waals surface area contributed by atoms with E-state index in [1.165, 1.54) is 6.07 Å². The van der Waals surface area contributed by atoms with Gasteiger partial charge >= 0.3 is 0 Å². The van der Waals surface area contributed by atoms with Gasteiger partial charge in [-0.1, -0.05) is 42.8 Å². The molecule has 1 unspecified atom stereocenters. The molecule has 0 bridgehead atoms. The van der Waals surface area contributed by atoms with E-state index in [9.17, 15) is 15.3 Å². The van der Waals surface area contributed by atoms with Crippen molar-refractivity contribution in [2.45, 2.75) is 63.2 Å². The molecule has 0 fully saturated rings. The maximum absolute atomic E-state index is 10.3. The number of nitrogens with one attached hydrogen (secondary N) is 2. The maximum atomic E-state index is 10.3. The molecule has 0 radical (unpaired) electrons. The zero-order valence-electron chi connectivity index (χ0n) is 23.1. The average molecular weight is 571 g/mol.